The smallest absolute Gasteiger partial charge is 0.126 e. The number of hydrogen-bond acceptors (Lipinski definition) is 1. The van der Waals surface area contributed by atoms with E-state index in [0.717, 1.165) is 24.1 Å². The van der Waals surface area contributed by atoms with Crippen molar-refractivity contribution in [3.05, 3.63) is 35.1 Å². The Morgan fingerprint density at radius 3 is 2.56 bits per heavy atom. The zero-order valence-corrected chi connectivity index (χ0v) is 12.1. The zero-order chi connectivity index (χ0) is 13.5. The van der Waals surface area contributed by atoms with Gasteiger partial charge in [-0.05, 0) is 43.0 Å². The van der Waals surface area contributed by atoms with Crippen molar-refractivity contribution < 1.29 is 4.39 Å². The van der Waals surface area contributed by atoms with E-state index in [4.69, 9.17) is 0 Å². The van der Waals surface area contributed by atoms with E-state index in [1.165, 1.54) is 12.8 Å². The van der Waals surface area contributed by atoms with Crippen LogP contribution in [-0.4, -0.2) is 6.54 Å². The van der Waals surface area contributed by atoms with Crippen LogP contribution >= 0.6 is 0 Å². The lowest BCUT2D eigenvalue weighted by molar-refractivity contribution is 0.394. The van der Waals surface area contributed by atoms with Crippen molar-refractivity contribution in [2.24, 2.45) is 5.92 Å². The second-order valence-corrected chi connectivity index (χ2v) is 5.25. The van der Waals surface area contributed by atoms with Gasteiger partial charge in [0, 0.05) is 6.04 Å². The molecule has 102 valence electrons. The van der Waals surface area contributed by atoms with Crippen molar-refractivity contribution in [2.45, 2.75) is 53.0 Å². The van der Waals surface area contributed by atoms with Crippen molar-refractivity contribution in [3.63, 3.8) is 0 Å². The summed E-state index contributed by atoms with van der Waals surface area (Å²) in [4.78, 5) is 0. The van der Waals surface area contributed by atoms with Crippen LogP contribution in [0.1, 0.15) is 57.2 Å². The molecule has 0 heterocycles. The molecule has 1 rings (SSSR count). The van der Waals surface area contributed by atoms with Gasteiger partial charge in [-0.2, -0.15) is 0 Å². The highest BCUT2D eigenvalue weighted by molar-refractivity contribution is 5.25. The largest absolute Gasteiger partial charge is 0.310 e. The van der Waals surface area contributed by atoms with Crippen LogP contribution in [0.25, 0.3) is 0 Å². The van der Waals surface area contributed by atoms with Gasteiger partial charge in [-0.25, -0.2) is 4.39 Å². The first kappa shape index (κ1) is 15.2. The molecule has 0 aromatic heterocycles. The molecule has 0 aliphatic carbocycles. The quantitative estimate of drug-likeness (QED) is 0.746. The third kappa shape index (κ3) is 4.41. The maximum atomic E-state index is 13.6. The number of hydrogen-bond donors (Lipinski definition) is 1. The van der Waals surface area contributed by atoms with E-state index in [9.17, 15) is 4.39 Å². The van der Waals surface area contributed by atoms with E-state index < -0.39 is 0 Å². The van der Waals surface area contributed by atoms with Crippen LogP contribution in [0.3, 0.4) is 0 Å². The molecule has 0 spiro atoms. The highest BCUT2D eigenvalue weighted by Crippen LogP contribution is 2.25. The minimum atomic E-state index is -0.0986. The molecule has 1 aromatic rings. The Balaban J connectivity index is 2.79. The average molecular weight is 251 g/mol. The molecule has 18 heavy (non-hydrogen) atoms. The molecule has 0 saturated carbocycles. The topological polar surface area (TPSA) is 12.0 Å². The van der Waals surface area contributed by atoms with E-state index in [1.54, 1.807) is 13.0 Å². The summed E-state index contributed by atoms with van der Waals surface area (Å²) in [5.41, 5.74) is 1.79. The van der Waals surface area contributed by atoms with E-state index in [1.807, 2.05) is 12.1 Å². The van der Waals surface area contributed by atoms with Crippen molar-refractivity contribution in [1.29, 1.82) is 0 Å². The summed E-state index contributed by atoms with van der Waals surface area (Å²) >= 11 is 0. The summed E-state index contributed by atoms with van der Waals surface area (Å²) in [6.07, 6.45) is 3.52. The summed E-state index contributed by atoms with van der Waals surface area (Å²) in [5, 5.41) is 3.47. The normalized spacial score (nSPS) is 14.5. The SMILES string of the molecule is CCCC(C)CC(NCC)c1ccc(C)c(F)c1. The van der Waals surface area contributed by atoms with E-state index in [-0.39, 0.29) is 11.9 Å². The molecule has 0 bridgehead atoms. The minimum Gasteiger partial charge on any atom is -0.310 e. The highest BCUT2D eigenvalue weighted by atomic mass is 19.1. The second kappa shape index (κ2) is 7.52. The Morgan fingerprint density at radius 1 is 1.28 bits per heavy atom. The van der Waals surface area contributed by atoms with Crippen LogP contribution in [0.4, 0.5) is 4.39 Å². The van der Waals surface area contributed by atoms with Gasteiger partial charge in [-0.3, -0.25) is 0 Å². The molecular formula is C16H26FN. The first-order valence-electron chi connectivity index (χ1n) is 7.07. The molecular weight excluding hydrogens is 225 g/mol. The van der Waals surface area contributed by atoms with Crippen LogP contribution < -0.4 is 5.32 Å². The third-order valence-corrected chi connectivity index (χ3v) is 3.47. The van der Waals surface area contributed by atoms with Crippen LogP contribution in [0.2, 0.25) is 0 Å². The standard InChI is InChI=1S/C16H26FN/c1-5-7-12(3)10-16(18-6-2)14-9-8-13(4)15(17)11-14/h8-9,11-12,16,18H,5-7,10H2,1-4H3. The molecule has 0 saturated heterocycles. The lowest BCUT2D eigenvalue weighted by Crippen LogP contribution is -2.23. The maximum absolute atomic E-state index is 13.6. The molecule has 1 aromatic carbocycles. The fourth-order valence-electron chi connectivity index (χ4n) is 2.42. The van der Waals surface area contributed by atoms with E-state index >= 15 is 0 Å². The zero-order valence-electron chi connectivity index (χ0n) is 12.1. The number of nitrogens with one attached hydrogen (secondary N) is 1. The monoisotopic (exact) mass is 251 g/mol. The highest BCUT2D eigenvalue weighted by Gasteiger charge is 2.15. The molecule has 2 heteroatoms. The fourth-order valence-corrected chi connectivity index (χ4v) is 2.42. The van der Waals surface area contributed by atoms with Gasteiger partial charge in [0.15, 0.2) is 0 Å². The first-order valence-corrected chi connectivity index (χ1v) is 7.07. The average Bonchev–Trinajstić information content (AvgIpc) is 2.32. The summed E-state index contributed by atoms with van der Waals surface area (Å²) in [6.45, 7) is 9.31. The van der Waals surface area contributed by atoms with Gasteiger partial charge in [-0.15, -0.1) is 0 Å². The Labute approximate surface area is 111 Å². The number of halogens is 1. The van der Waals surface area contributed by atoms with Crippen molar-refractivity contribution in [2.75, 3.05) is 6.54 Å². The van der Waals surface area contributed by atoms with Crippen LogP contribution in [0.15, 0.2) is 18.2 Å². The molecule has 1 N–H and O–H groups in total. The van der Waals surface area contributed by atoms with Gasteiger partial charge < -0.3 is 5.32 Å². The molecule has 0 aliphatic heterocycles. The second-order valence-electron chi connectivity index (χ2n) is 5.25. The van der Waals surface area contributed by atoms with Crippen LogP contribution in [-0.2, 0) is 0 Å². The van der Waals surface area contributed by atoms with E-state index in [2.05, 4.69) is 26.1 Å². The lowest BCUT2D eigenvalue weighted by atomic mass is 9.92. The Bertz CT molecular complexity index is 362. The van der Waals surface area contributed by atoms with Crippen molar-refractivity contribution in [1.82, 2.24) is 5.32 Å². The lowest BCUT2D eigenvalue weighted by Gasteiger charge is -2.22. The van der Waals surface area contributed by atoms with Crippen molar-refractivity contribution >= 4 is 0 Å². The van der Waals surface area contributed by atoms with Crippen LogP contribution in [0, 0.1) is 18.7 Å². The molecule has 0 radical (unpaired) electrons. The molecule has 1 nitrogen and oxygen atoms in total. The summed E-state index contributed by atoms with van der Waals surface area (Å²) < 4.78 is 13.6. The Hall–Kier alpha value is -0.890. The summed E-state index contributed by atoms with van der Waals surface area (Å²) in [7, 11) is 0. The molecule has 2 atom stereocenters. The Kier molecular flexibility index (Phi) is 6.34. The molecule has 0 aliphatic rings. The van der Waals surface area contributed by atoms with Crippen LogP contribution in [0.5, 0.6) is 0 Å². The van der Waals surface area contributed by atoms with Gasteiger partial charge in [0.25, 0.3) is 0 Å². The maximum Gasteiger partial charge on any atom is 0.126 e. The predicted octanol–water partition coefficient (Wildman–Crippen LogP) is 4.61. The number of benzene rings is 1. The molecule has 0 amide bonds. The van der Waals surface area contributed by atoms with Gasteiger partial charge in [-0.1, -0.05) is 45.7 Å². The Morgan fingerprint density at radius 2 is 2.00 bits per heavy atom. The van der Waals surface area contributed by atoms with Crippen molar-refractivity contribution in [3.8, 4) is 0 Å². The van der Waals surface area contributed by atoms with Gasteiger partial charge >= 0.3 is 0 Å². The third-order valence-electron chi connectivity index (χ3n) is 3.47. The first-order chi connectivity index (χ1) is 8.58. The predicted molar refractivity (Wildman–Crippen MR) is 76.2 cm³/mol. The minimum absolute atomic E-state index is 0.0986. The van der Waals surface area contributed by atoms with Gasteiger partial charge in [0.2, 0.25) is 0 Å². The van der Waals surface area contributed by atoms with Gasteiger partial charge in [0.1, 0.15) is 5.82 Å². The number of rotatable bonds is 7. The number of aryl methyl sites for hydroxylation is 1. The summed E-state index contributed by atoms with van der Waals surface area (Å²) in [5.74, 6) is 0.571. The van der Waals surface area contributed by atoms with Gasteiger partial charge in [0.05, 0.1) is 0 Å². The fraction of sp³-hybridized carbons (Fsp3) is 0.625. The molecule has 0 fully saturated rings. The summed E-state index contributed by atoms with van der Waals surface area (Å²) in [6, 6.07) is 5.87. The molecule has 2 unspecified atom stereocenters. The van der Waals surface area contributed by atoms with E-state index in [0.29, 0.717) is 5.92 Å².